The maximum Gasteiger partial charge on any atom is 0.188 e. The Morgan fingerprint density at radius 2 is 2.00 bits per heavy atom. The molecule has 18 heavy (non-hydrogen) atoms. The molecule has 3 aromatic rings. The van der Waals surface area contributed by atoms with Crippen LogP contribution in [0.2, 0.25) is 5.15 Å². The lowest BCUT2D eigenvalue weighted by atomic mass is 10.1. The van der Waals surface area contributed by atoms with E-state index in [1.54, 1.807) is 24.3 Å². The molecule has 0 aliphatic carbocycles. The van der Waals surface area contributed by atoms with Gasteiger partial charge in [-0.15, -0.1) is 10.2 Å². The van der Waals surface area contributed by atoms with Gasteiger partial charge in [0.05, 0.1) is 5.56 Å². The third-order valence-corrected chi connectivity index (χ3v) is 2.79. The van der Waals surface area contributed by atoms with Gasteiger partial charge in [-0.25, -0.2) is 4.39 Å². The molecule has 0 aliphatic heterocycles. The fourth-order valence-corrected chi connectivity index (χ4v) is 1.88. The maximum atomic E-state index is 13.8. The second-order valence-corrected chi connectivity index (χ2v) is 4.32. The topological polar surface area (TPSA) is 43.1 Å². The van der Waals surface area contributed by atoms with Crippen LogP contribution < -0.4 is 0 Å². The van der Waals surface area contributed by atoms with Crippen LogP contribution in [0.25, 0.3) is 17.0 Å². The summed E-state index contributed by atoms with van der Waals surface area (Å²) in [5.41, 5.74) is 1.82. The summed E-state index contributed by atoms with van der Waals surface area (Å²) in [5.74, 6) is -0.0228. The molecule has 2 heterocycles. The van der Waals surface area contributed by atoms with E-state index in [1.165, 1.54) is 10.6 Å². The smallest absolute Gasteiger partial charge is 0.188 e. The molecule has 0 radical (unpaired) electrons. The molecule has 0 fully saturated rings. The van der Waals surface area contributed by atoms with Gasteiger partial charge in [-0.3, -0.25) is 0 Å². The van der Waals surface area contributed by atoms with E-state index >= 15 is 0 Å². The van der Waals surface area contributed by atoms with Crippen LogP contribution in [0.3, 0.4) is 0 Å². The first-order chi connectivity index (χ1) is 8.65. The van der Waals surface area contributed by atoms with Crippen molar-refractivity contribution in [3.63, 3.8) is 0 Å². The van der Waals surface area contributed by atoms with Gasteiger partial charge in [0.1, 0.15) is 11.0 Å². The van der Waals surface area contributed by atoms with Crippen LogP contribution in [0.5, 0.6) is 0 Å². The number of fused-ring (bicyclic) bond motifs is 1. The number of aryl methyl sites for hydroxylation is 1. The van der Waals surface area contributed by atoms with Crippen molar-refractivity contribution >= 4 is 17.2 Å². The lowest BCUT2D eigenvalue weighted by Crippen LogP contribution is -1.97. The molecule has 1 aromatic carbocycles. The monoisotopic (exact) mass is 262 g/mol. The van der Waals surface area contributed by atoms with Crippen LogP contribution in [-0.2, 0) is 0 Å². The Kier molecular flexibility index (Phi) is 2.48. The summed E-state index contributed by atoms with van der Waals surface area (Å²) >= 11 is 5.82. The average molecular weight is 263 g/mol. The lowest BCUT2D eigenvalue weighted by Gasteiger charge is -2.02. The summed E-state index contributed by atoms with van der Waals surface area (Å²) in [7, 11) is 0. The van der Waals surface area contributed by atoms with Crippen molar-refractivity contribution in [3.8, 4) is 11.4 Å². The minimum Gasteiger partial charge on any atom is -0.206 e. The molecule has 0 atom stereocenters. The van der Waals surface area contributed by atoms with Gasteiger partial charge >= 0.3 is 0 Å². The highest BCUT2D eigenvalue weighted by molar-refractivity contribution is 6.29. The number of hydrogen-bond acceptors (Lipinski definition) is 3. The fourth-order valence-electron chi connectivity index (χ4n) is 1.74. The first-order valence-corrected chi connectivity index (χ1v) is 5.67. The van der Waals surface area contributed by atoms with E-state index in [2.05, 4.69) is 15.3 Å². The highest BCUT2D eigenvalue weighted by Gasteiger charge is 2.13. The summed E-state index contributed by atoms with van der Waals surface area (Å²) in [4.78, 5) is 0. The van der Waals surface area contributed by atoms with Crippen molar-refractivity contribution in [1.29, 1.82) is 0 Å². The Morgan fingerprint density at radius 3 is 2.83 bits per heavy atom. The largest absolute Gasteiger partial charge is 0.206 e. The minimum absolute atomic E-state index is 0.302. The van der Waals surface area contributed by atoms with Crippen molar-refractivity contribution < 1.29 is 4.39 Å². The summed E-state index contributed by atoms with van der Waals surface area (Å²) in [5, 5.41) is 12.3. The Labute approximate surface area is 107 Å². The van der Waals surface area contributed by atoms with Gasteiger partial charge in [0, 0.05) is 0 Å². The molecule has 4 nitrogen and oxygen atoms in total. The van der Waals surface area contributed by atoms with Crippen LogP contribution in [0.1, 0.15) is 5.56 Å². The second kappa shape index (κ2) is 4.03. The van der Waals surface area contributed by atoms with E-state index in [0.717, 1.165) is 5.56 Å². The van der Waals surface area contributed by atoms with Gasteiger partial charge in [0.2, 0.25) is 0 Å². The van der Waals surface area contributed by atoms with Crippen molar-refractivity contribution in [3.05, 3.63) is 46.9 Å². The number of benzene rings is 1. The molecule has 6 heteroatoms. The quantitative estimate of drug-likeness (QED) is 0.677. The van der Waals surface area contributed by atoms with E-state index in [9.17, 15) is 4.39 Å². The van der Waals surface area contributed by atoms with Gasteiger partial charge in [0.25, 0.3) is 0 Å². The van der Waals surface area contributed by atoms with E-state index in [0.29, 0.717) is 22.2 Å². The highest BCUT2D eigenvalue weighted by atomic mass is 35.5. The summed E-state index contributed by atoms with van der Waals surface area (Å²) in [6.45, 7) is 1.88. The van der Waals surface area contributed by atoms with E-state index < -0.39 is 0 Å². The fraction of sp³-hybridized carbons (Fsp3) is 0.0833. The molecule has 2 aromatic heterocycles. The molecule has 0 N–H and O–H groups in total. The first-order valence-electron chi connectivity index (χ1n) is 5.29. The van der Waals surface area contributed by atoms with Crippen LogP contribution >= 0.6 is 11.6 Å². The molecule has 0 unspecified atom stereocenters. The Balaban J connectivity index is 2.31. The lowest BCUT2D eigenvalue weighted by molar-refractivity contribution is 0.628. The first kappa shape index (κ1) is 11.1. The van der Waals surface area contributed by atoms with Crippen molar-refractivity contribution in [2.45, 2.75) is 6.92 Å². The van der Waals surface area contributed by atoms with Crippen LogP contribution in [0, 0.1) is 12.7 Å². The summed E-state index contributed by atoms with van der Waals surface area (Å²) < 4.78 is 15.3. The molecular formula is C12H8ClFN4. The minimum atomic E-state index is -0.364. The van der Waals surface area contributed by atoms with Gasteiger partial charge in [-0.2, -0.15) is 9.61 Å². The van der Waals surface area contributed by atoms with Gasteiger partial charge in [-0.1, -0.05) is 23.2 Å². The Morgan fingerprint density at radius 1 is 1.17 bits per heavy atom. The van der Waals surface area contributed by atoms with Crippen molar-refractivity contribution in [2.75, 3.05) is 0 Å². The van der Waals surface area contributed by atoms with Crippen molar-refractivity contribution in [2.24, 2.45) is 0 Å². The van der Waals surface area contributed by atoms with Gasteiger partial charge in [-0.05, 0) is 31.2 Å². The molecule has 0 spiro atoms. The number of nitrogens with zero attached hydrogens (tertiary/aromatic N) is 4. The number of aromatic nitrogens is 4. The molecule has 0 aliphatic rings. The third kappa shape index (κ3) is 1.73. The predicted molar refractivity (Wildman–Crippen MR) is 65.9 cm³/mol. The van der Waals surface area contributed by atoms with Crippen molar-refractivity contribution in [1.82, 2.24) is 19.8 Å². The molecule has 90 valence electrons. The normalized spacial score (nSPS) is 11.1. The predicted octanol–water partition coefficient (Wildman–Crippen LogP) is 2.89. The Bertz CT molecular complexity index is 738. The zero-order valence-corrected chi connectivity index (χ0v) is 10.2. The van der Waals surface area contributed by atoms with Crippen LogP contribution in [-0.4, -0.2) is 19.8 Å². The van der Waals surface area contributed by atoms with Crippen LogP contribution in [0.15, 0.2) is 30.3 Å². The van der Waals surface area contributed by atoms with Gasteiger partial charge in [0.15, 0.2) is 11.5 Å². The second-order valence-electron chi connectivity index (χ2n) is 3.93. The Hall–Kier alpha value is -2.01. The third-order valence-electron chi connectivity index (χ3n) is 2.59. The maximum absolute atomic E-state index is 13.8. The number of rotatable bonds is 1. The molecule has 3 rings (SSSR count). The number of halogens is 2. The zero-order chi connectivity index (χ0) is 12.7. The molecule has 0 amide bonds. The highest BCUT2D eigenvalue weighted by Crippen LogP contribution is 2.22. The standard InChI is InChI=1S/C12H8ClFN4/c1-7-2-3-9(14)8(6-7)12-16-15-11-5-4-10(13)17-18(11)12/h2-6H,1H3. The molecule has 0 saturated carbocycles. The molecular weight excluding hydrogens is 255 g/mol. The summed E-state index contributed by atoms with van der Waals surface area (Å²) in [6.07, 6.45) is 0. The number of hydrogen-bond donors (Lipinski definition) is 0. The van der Waals surface area contributed by atoms with E-state index in [1.807, 2.05) is 6.92 Å². The average Bonchev–Trinajstić information content (AvgIpc) is 2.75. The summed E-state index contributed by atoms with van der Waals surface area (Å²) in [6, 6.07) is 8.09. The molecule has 0 bridgehead atoms. The van der Waals surface area contributed by atoms with Gasteiger partial charge < -0.3 is 0 Å². The SMILES string of the molecule is Cc1ccc(F)c(-c2nnc3ccc(Cl)nn23)c1. The van der Waals surface area contributed by atoms with E-state index in [4.69, 9.17) is 11.6 Å². The molecule has 0 saturated heterocycles. The zero-order valence-electron chi connectivity index (χ0n) is 9.43. The van der Waals surface area contributed by atoms with E-state index in [-0.39, 0.29) is 5.82 Å². The van der Waals surface area contributed by atoms with Crippen LogP contribution in [0.4, 0.5) is 4.39 Å².